The first-order chi connectivity index (χ1) is 8.13. The van der Waals surface area contributed by atoms with Crippen LogP contribution in [0.5, 0.6) is 5.75 Å². The Kier molecular flexibility index (Phi) is 2.35. The van der Waals surface area contributed by atoms with E-state index in [4.69, 9.17) is 0 Å². The number of aryl methyl sites for hydroxylation is 1. The molecule has 2 atom stereocenters. The second-order valence-corrected chi connectivity index (χ2v) is 5.41. The van der Waals surface area contributed by atoms with Crippen molar-refractivity contribution in [2.45, 2.75) is 26.2 Å². The summed E-state index contributed by atoms with van der Waals surface area (Å²) >= 11 is 0. The maximum absolute atomic E-state index is 12.0. The summed E-state index contributed by atoms with van der Waals surface area (Å²) < 4.78 is 0. The van der Waals surface area contributed by atoms with E-state index in [1.54, 1.807) is 6.07 Å². The molecule has 0 radical (unpaired) electrons. The van der Waals surface area contributed by atoms with Crippen LogP contribution < -0.4 is 5.32 Å². The van der Waals surface area contributed by atoms with Gasteiger partial charge in [0.1, 0.15) is 5.75 Å². The number of benzene rings is 1. The number of aromatic hydroxyl groups is 1. The standard InChI is InChI=1S/C14H17NO2/c1-8-2-3-12(7-13(8)16)15-14(17)11-5-9-4-10(9)6-11/h2-3,7,9-11,16H,4-6H2,1H3,(H,15,17). The van der Waals surface area contributed by atoms with E-state index in [0.717, 1.165) is 30.2 Å². The molecule has 3 heteroatoms. The number of amides is 1. The first kappa shape index (κ1) is 10.6. The Morgan fingerprint density at radius 3 is 2.65 bits per heavy atom. The van der Waals surface area contributed by atoms with E-state index in [-0.39, 0.29) is 17.6 Å². The van der Waals surface area contributed by atoms with E-state index in [9.17, 15) is 9.90 Å². The monoisotopic (exact) mass is 231 g/mol. The highest BCUT2D eigenvalue weighted by molar-refractivity contribution is 5.93. The quantitative estimate of drug-likeness (QED) is 0.822. The van der Waals surface area contributed by atoms with Crippen LogP contribution in [0, 0.1) is 24.7 Å². The molecule has 0 bridgehead atoms. The van der Waals surface area contributed by atoms with Gasteiger partial charge in [-0.25, -0.2) is 0 Å². The van der Waals surface area contributed by atoms with Gasteiger partial charge in [-0.2, -0.15) is 0 Å². The first-order valence-corrected chi connectivity index (χ1v) is 6.24. The van der Waals surface area contributed by atoms with E-state index in [0.29, 0.717) is 5.69 Å². The maximum Gasteiger partial charge on any atom is 0.227 e. The third kappa shape index (κ3) is 2.02. The molecule has 0 spiro atoms. The highest BCUT2D eigenvalue weighted by Gasteiger charge is 2.47. The fourth-order valence-corrected chi connectivity index (χ4v) is 2.86. The van der Waals surface area contributed by atoms with Gasteiger partial charge in [0.05, 0.1) is 0 Å². The summed E-state index contributed by atoms with van der Waals surface area (Å²) in [4.78, 5) is 12.0. The molecule has 0 heterocycles. The van der Waals surface area contributed by atoms with Gasteiger partial charge in [-0.05, 0) is 49.7 Å². The number of phenolic OH excluding ortho intramolecular Hbond substituents is 1. The normalized spacial score (nSPS) is 29.8. The van der Waals surface area contributed by atoms with Crippen LogP contribution in [0.4, 0.5) is 5.69 Å². The molecule has 17 heavy (non-hydrogen) atoms. The number of fused-ring (bicyclic) bond motifs is 1. The topological polar surface area (TPSA) is 49.3 Å². The van der Waals surface area contributed by atoms with Crippen LogP contribution in [0.2, 0.25) is 0 Å². The summed E-state index contributed by atoms with van der Waals surface area (Å²) in [6, 6.07) is 5.27. The molecule has 2 aliphatic rings. The second-order valence-electron chi connectivity index (χ2n) is 5.41. The number of hydrogen-bond acceptors (Lipinski definition) is 2. The minimum atomic E-state index is 0.112. The fraction of sp³-hybridized carbons (Fsp3) is 0.500. The first-order valence-electron chi connectivity index (χ1n) is 6.24. The summed E-state index contributed by atoms with van der Waals surface area (Å²) in [6.45, 7) is 1.84. The second kappa shape index (κ2) is 3.76. The van der Waals surface area contributed by atoms with Crippen molar-refractivity contribution >= 4 is 11.6 Å². The zero-order valence-corrected chi connectivity index (χ0v) is 9.94. The Labute approximate surface area is 101 Å². The molecule has 2 N–H and O–H groups in total. The average molecular weight is 231 g/mol. The highest BCUT2D eigenvalue weighted by Crippen LogP contribution is 2.54. The van der Waals surface area contributed by atoms with Gasteiger partial charge in [0, 0.05) is 17.7 Å². The largest absolute Gasteiger partial charge is 0.508 e. The molecule has 0 saturated heterocycles. The van der Waals surface area contributed by atoms with Gasteiger partial charge in [-0.3, -0.25) is 4.79 Å². The SMILES string of the molecule is Cc1ccc(NC(=O)C2CC3CC3C2)cc1O. The average Bonchev–Trinajstić information content (AvgIpc) is 2.91. The van der Waals surface area contributed by atoms with Crippen LogP contribution >= 0.6 is 0 Å². The lowest BCUT2D eigenvalue weighted by Crippen LogP contribution is -2.21. The lowest BCUT2D eigenvalue weighted by atomic mass is 10.0. The summed E-state index contributed by atoms with van der Waals surface area (Å²) in [5, 5.41) is 12.5. The van der Waals surface area contributed by atoms with Gasteiger partial charge >= 0.3 is 0 Å². The van der Waals surface area contributed by atoms with Crippen LogP contribution in [0.1, 0.15) is 24.8 Å². The molecule has 2 saturated carbocycles. The Morgan fingerprint density at radius 2 is 2.00 bits per heavy atom. The maximum atomic E-state index is 12.0. The molecule has 0 aromatic heterocycles. The number of carbonyl (C=O) groups excluding carboxylic acids is 1. The molecular formula is C14H17NO2. The molecule has 1 aromatic rings. The van der Waals surface area contributed by atoms with Crippen molar-refractivity contribution in [3.8, 4) is 5.75 Å². The number of carbonyl (C=O) groups is 1. The van der Waals surface area contributed by atoms with Crippen molar-refractivity contribution in [1.82, 2.24) is 0 Å². The Morgan fingerprint density at radius 1 is 1.29 bits per heavy atom. The van der Waals surface area contributed by atoms with E-state index < -0.39 is 0 Å². The van der Waals surface area contributed by atoms with E-state index in [1.165, 1.54) is 6.42 Å². The summed E-state index contributed by atoms with van der Waals surface area (Å²) in [6.07, 6.45) is 3.43. The summed E-state index contributed by atoms with van der Waals surface area (Å²) in [5.74, 6) is 2.16. The van der Waals surface area contributed by atoms with Crippen LogP contribution in [0.3, 0.4) is 0 Å². The minimum Gasteiger partial charge on any atom is -0.508 e. The number of anilines is 1. The predicted octanol–water partition coefficient (Wildman–Crippen LogP) is 2.69. The minimum absolute atomic E-state index is 0.112. The summed E-state index contributed by atoms with van der Waals surface area (Å²) in [7, 11) is 0. The van der Waals surface area contributed by atoms with Gasteiger partial charge in [0.25, 0.3) is 0 Å². The Balaban J connectivity index is 1.65. The zero-order valence-electron chi connectivity index (χ0n) is 9.94. The number of nitrogens with one attached hydrogen (secondary N) is 1. The smallest absolute Gasteiger partial charge is 0.227 e. The molecule has 1 amide bonds. The van der Waals surface area contributed by atoms with Crippen molar-refractivity contribution < 1.29 is 9.90 Å². The summed E-state index contributed by atoms with van der Waals surface area (Å²) in [5.41, 5.74) is 1.52. The van der Waals surface area contributed by atoms with Gasteiger partial charge < -0.3 is 10.4 Å². The molecular weight excluding hydrogens is 214 g/mol. The van der Waals surface area contributed by atoms with Crippen LogP contribution in [0.25, 0.3) is 0 Å². The van der Waals surface area contributed by atoms with Gasteiger partial charge in [-0.15, -0.1) is 0 Å². The molecule has 90 valence electrons. The lowest BCUT2D eigenvalue weighted by molar-refractivity contribution is -0.120. The lowest BCUT2D eigenvalue weighted by Gasteiger charge is -2.12. The van der Waals surface area contributed by atoms with E-state index in [1.807, 2.05) is 19.1 Å². The number of phenols is 1. The molecule has 3 rings (SSSR count). The Hall–Kier alpha value is -1.51. The Bertz CT molecular complexity index is 459. The molecule has 3 nitrogen and oxygen atoms in total. The molecule has 2 unspecified atom stereocenters. The molecule has 2 aliphatic carbocycles. The van der Waals surface area contributed by atoms with Crippen molar-refractivity contribution in [2.24, 2.45) is 17.8 Å². The molecule has 2 fully saturated rings. The van der Waals surface area contributed by atoms with Crippen LogP contribution in [-0.4, -0.2) is 11.0 Å². The van der Waals surface area contributed by atoms with E-state index in [2.05, 4.69) is 5.32 Å². The van der Waals surface area contributed by atoms with Crippen LogP contribution in [0.15, 0.2) is 18.2 Å². The number of rotatable bonds is 2. The highest BCUT2D eigenvalue weighted by atomic mass is 16.3. The van der Waals surface area contributed by atoms with Crippen molar-refractivity contribution in [2.75, 3.05) is 5.32 Å². The predicted molar refractivity (Wildman–Crippen MR) is 65.8 cm³/mol. The number of hydrogen-bond donors (Lipinski definition) is 2. The molecule has 1 aromatic carbocycles. The fourth-order valence-electron chi connectivity index (χ4n) is 2.86. The van der Waals surface area contributed by atoms with Gasteiger partial charge in [0.2, 0.25) is 5.91 Å². The van der Waals surface area contributed by atoms with Crippen LogP contribution in [-0.2, 0) is 4.79 Å². The van der Waals surface area contributed by atoms with Gasteiger partial charge in [-0.1, -0.05) is 6.07 Å². The third-order valence-electron chi connectivity index (χ3n) is 4.09. The van der Waals surface area contributed by atoms with Gasteiger partial charge in [0.15, 0.2) is 0 Å². The van der Waals surface area contributed by atoms with E-state index >= 15 is 0 Å². The zero-order chi connectivity index (χ0) is 12.0. The third-order valence-corrected chi connectivity index (χ3v) is 4.09. The van der Waals surface area contributed by atoms with Crippen molar-refractivity contribution in [3.05, 3.63) is 23.8 Å². The molecule has 0 aliphatic heterocycles. The van der Waals surface area contributed by atoms with Crippen molar-refractivity contribution in [3.63, 3.8) is 0 Å². The van der Waals surface area contributed by atoms with Crippen molar-refractivity contribution in [1.29, 1.82) is 0 Å².